The molecule has 0 aromatic heterocycles. The van der Waals surface area contributed by atoms with Crippen LogP contribution in [0.1, 0.15) is 21.5 Å². The van der Waals surface area contributed by atoms with Crippen LogP contribution in [0, 0.1) is 6.92 Å². The molecule has 27 heavy (non-hydrogen) atoms. The summed E-state index contributed by atoms with van der Waals surface area (Å²) in [5.41, 5.74) is 1.93. The Bertz CT molecular complexity index is 928. The van der Waals surface area contributed by atoms with Gasteiger partial charge in [0.15, 0.2) is 5.11 Å². The first-order valence-corrected chi connectivity index (χ1v) is 8.98. The molecule has 0 aliphatic rings. The van der Waals surface area contributed by atoms with E-state index in [1.165, 1.54) is 12.1 Å². The molecule has 0 aliphatic carbocycles. The van der Waals surface area contributed by atoms with Gasteiger partial charge in [-0.25, -0.2) is 4.79 Å². The van der Waals surface area contributed by atoms with Crippen molar-refractivity contribution in [3.8, 4) is 5.75 Å². The minimum absolute atomic E-state index is 0.0662. The second-order valence-corrected chi connectivity index (χ2v) is 6.77. The van der Waals surface area contributed by atoms with Crippen LogP contribution < -0.4 is 15.4 Å². The van der Waals surface area contributed by atoms with Crippen molar-refractivity contribution in [3.63, 3.8) is 0 Å². The number of rotatable bonds is 5. The predicted molar refractivity (Wildman–Crippen MR) is 112 cm³/mol. The van der Waals surface area contributed by atoms with Gasteiger partial charge in [0.25, 0.3) is 0 Å². The molecule has 6 nitrogen and oxygen atoms in total. The molecule has 0 aliphatic heterocycles. The zero-order chi connectivity index (χ0) is 20.0. The Morgan fingerprint density at radius 2 is 2.00 bits per heavy atom. The number of hydrogen-bond donors (Lipinski definition) is 3. The molecule has 0 heterocycles. The van der Waals surface area contributed by atoms with Gasteiger partial charge in [0.05, 0.1) is 12.7 Å². The summed E-state index contributed by atoms with van der Waals surface area (Å²) >= 11 is 8.49. The minimum Gasteiger partial charge on any atom is -0.496 e. The van der Waals surface area contributed by atoms with Crippen LogP contribution in [-0.2, 0) is 4.79 Å². The number of halogens is 1. The summed E-state index contributed by atoms with van der Waals surface area (Å²) in [5.74, 6) is -0.831. The maximum absolute atomic E-state index is 12.1. The van der Waals surface area contributed by atoms with Crippen LogP contribution in [0.2, 0.25) is 0 Å². The lowest BCUT2D eigenvalue weighted by molar-refractivity contribution is -0.115. The molecule has 0 unspecified atom stereocenters. The zero-order valence-electron chi connectivity index (χ0n) is 14.6. The van der Waals surface area contributed by atoms with E-state index in [4.69, 9.17) is 22.1 Å². The summed E-state index contributed by atoms with van der Waals surface area (Å²) in [6.45, 7) is 1.66. The van der Waals surface area contributed by atoms with E-state index in [0.717, 1.165) is 10.0 Å². The van der Waals surface area contributed by atoms with Crippen LogP contribution in [0.4, 0.5) is 5.69 Å². The highest BCUT2D eigenvalue weighted by Crippen LogP contribution is 2.24. The first-order chi connectivity index (χ1) is 12.8. The average Bonchev–Trinajstić information content (AvgIpc) is 2.61. The summed E-state index contributed by atoms with van der Waals surface area (Å²) in [6.07, 6.45) is 2.94. The molecule has 2 rings (SSSR count). The predicted octanol–water partition coefficient (Wildman–Crippen LogP) is 3.99. The molecule has 1 amide bonds. The van der Waals surface area contributed by atoms with Crippen LogP contribution in [0.3, 0.4) is 0 Å². The molecular weight excluding hydrogens is 432 g/mol. The van der Waals surface area contributed by atoms with Crippen molar-refractivity contribution < 1.29 is 19.4 Å². The van der Waals surface area contributed by atoms with Gasteiger partial charge in [0, 0.05) is 21.8 Å². The molecule has 8 heteroatoms. The van der Waals surface area contributed by atoms with Gasteiger partial charge in [-0.15, -0.1) is 0 Å². The van der Waals surface area contributed by atoms with Gasteiger partial charge in [0.1, 0.15) is 5.75 Å². The molecule has 2 aromatic rings. The molecule has 140 valence electrons. The first kappa shape index (κ1) is 20.6. The standard InChI is InChI=1S/C19H17BrN2O4S/c1-11-14(18(24)25)4-3-5-15(11)21-19(27)22-17(23)9-6-12-10-13(20)7-8-16(12)26-2/h3-10H,1-2H3,(H,24,25)(H2,21,22,23,27). The molecular formula is C19H17BrN2O4S. The van der Waals surface area contributed by atoms with E-state index < -0.39 is 11.9 Å². The number of benzene rings is 2. The van der Waals surface area contributed by atoms with E-state index in [0.29, 0.717) is 17.0 Å². The van der Waals surface area contributed by atoms with Gasteiger partial charge in [-0.2, -0.15) is 0 Å². The van der Waals surface area contributed by atoms with E-state index in [9.17, 15) is 9.59 Å². The van der Waals surface area contributed by atoms with Crippen LogP contribution in [-0.4, -0.2) is 29.2 Å². The van der Waals surface area contributed by atoms with Crippen LogP contribution in [0.5, 0.6) is 5.75 Å². The molecule has 0 spiro atoms. The van der Waals surface area contributed by atoms with Crippen molar-refractivity contribution in [1.82, 2.24) is 5.32 Å². The van der Waals surface area contributed by atoms with Crippen LogP contribution in [0.15, 0.2) is 46.9 Å². The van der Waals surface area contributed by atoms with E-state index in [2.05, 4.69) is 26.6 Å². The fraction of sp³-hybridized carbons (Fsp3) is 0.105. The first-order valence-electron chi connectivity index (χ1n) is 7.78. The number of thiocarbonyl (C=S) groups is 1. The summed E-state index contributed by atoms with van der Waals surface area (Å²) in [7, 11) is 1.55. The van der Waals surface area contributed by atoms with Crippen molar-refractivity contribution in [2.24, 2.45) is 0 Å². The number of carboxylic acid groups (broad SMARTS) is 1. The monoisotopic (exact) mass is 448 g/mol. The highest BCUT2D eigenvalue weighted by molar-refractivity contribution is 9.10. The fourth-order valence-corrected chi connectivity index (χ4v) is 2.90. The number of anilines is 1. The maximum Gasteiger partial charge on any atom is 0.336 e. The number of carbonyl (C=O) groups is 2. The van der Waals surface area contributed by atoms with E-state index >= 15 is 0 Å². The number of ether oxygens (including phenoxy) is 1. The van der Waals surface area contributed by atoms with Gasteiger partial charge >= 0.3 is 5.97 Å². The Morgan fingerprint density at radius 1 is 1.26 bits per heavy atom. The molecule has 3 N–H and O–H groups in total. The number of amides is 1. The number of carbonyl (C=O) groups excluding carboxylic acids is 1. The largest absolute Gasteiger partial charge is 0.496 e. The van der Waals surface area contributed by atoms with Crippen molar-refractivity contribution in [2.45, 2.75) is 6.92 Å². The van der Waals surface area contributed by atoms with Gasteiger partial charge in [0.2, 0.25) is 5.91 Å². The zero-order valence-corrected chi connectivity index (χ0v) is 17.0. The van der Waals surface area contributed by atoms with Crippen molar-refractivity contribution in [3.05, 3.63) is 63.6 Å². The second kappa shape index (κ2) is 9.29. The van der Waals surface area contributed by atoms with Crippen molar-refractivity contribution in [2.75, 3.05) is 12.4 Å². The molecule has 0 atom stereocenters. The van der Waals surface area contributed by atoms with Crippen LogP contribution in [0.25, 0.3) is 6.08 Å². The highest BCUT2D eigenvalue weighted by atomic mass is 79.9. The molecule has 0 bridgehead atoms. The van der Waals surface area contributed by atoms with E-state index in [1.807, 2.05) is 12.1 Å². The molecule has 2 aromatic carbocycles. The lowest BCUT2D eigenvalue weighted by Gasteiger charge is -2.12. The quantitative estimate of drug-likeness (QED) is 0.473. The normalized spacial score (nSPS) is 10.5. The maximum atomic E-state index is 12.1. The Hall–Kier alpha value is -2.71. The Labute approximate surface area is 170 Å². The molecule has 0 saturated carbocycles. The fourth-order valence-electron chi connectivity index (χ4n) is 2.31. The van der Waals surface area contributed by atoms with Gasteiger partial charge in [-0.05, 0) is 61.1 Å². The Balaban J connectivity index is 2.05. The summed E-state index contributed by atoms with van der Waals surface area (Å²) < 4.78 is 6.10. The van der Waals surface area contributed by atoms with Gasteiger partial charge in [-0.1, -0.05) is 22.0 Å². The third kappa shape index (κ3) is 5.63. The molecule has 0 saturated heterocycles. The van der Waals surface area contributed by atoms with Gasteiger partial charge in [-0.3, -0.25) is 10.1 Å². The number of aromatic carboxylic acids is 1. The number of methoxy groups -OCH3 is 1. The van der Waals surface area contributed by atoms with Crippen molar-refractivity contribution in [1.29, 1.82) is 0 Å². The lowest BCUT2D eigenvalue weighted by Crippen LogP contribution is -2.33. The third-order valence-corrected chi connectivity index (χ3v) is 4.35. The SMILES string of the molecule is COc1ccc(Br)cc1C=CC(=O)NC(=S)Nc1cccc(C(=O)O)c1C. The Kier molecular flexibility index (Phi) is 7.09. The summed E-state index contributed by atoms with van der Waals surface area (Å²) in [5, 5.41) is 14.6. The molecule has 0 fully saturated rings. The van der Waals surface area contributed by atoms with E-state index in [-0.39, 0.29) is 10.7 Å². The van der Waals surface area contributed by atoms with Crippen LogP contribution >= 0.6 is 28.1 Å². The molecule has 0 radical (unpaired) electrons. The lowest BCUT2D eigenvalue weighted by atomic mass is 10.1. The van der Waals surface area contributed by atoms with Crippen molar-refractivity contribution >= 4 is 56.9 Å². The van der Waals surface area contributed by atoms with Gasteiger partial charge < -0.3 is 15.2 Å². The third-order valence-electron chi connectivity index (χ3n) is 3.66. The average molecular weight is 449 g/mol. The Morgan fingerprint density at radius 3 is 2.67 bits per heavy atom. The number of carboxylic acids is 1. The smallest absolute Gasteiger partial charge is 0.336 e. The topological polar surface area (TPSA) is 87.7 Å². The summed E-state index contributed by atoms with van der Waals surface area (Å²) in [6, 6.07) is 10.2. The summed E-state index contributed by atoms with van der Waals surface area (Å²) in [4.78, 5) is 23.3. The number of hydrogen-bond acceptors (Lipinski definition) is 4. The number of nitrogens with one attached hydrogen (secondary N) is 2. The van der Waals surface area contributed by atoms with E-state index in [1.54, 1.807) is 38.3 Å². The highest BCUT2D eigenvalue weighted by Gasteiger charge is 2.11. The second-order valence-electron chi connectivity index (χ2n) is 5.45. The minimum atomic E-state index is -1.03.